The fraction of sp³-hybridized carbons (Fsp3) is 0.647. The number of hydrogen-bond donors (Lipinski definition) is 1. The lowest BCUT2D eigenvalue weighted by molar-refractivity contribution is 0.0943. The van der Waals surface area contributed by atoms with Gasteiger partial charge in [-0.3, -0.25) is 0 Å². The van der Waals surface area contributed by atoms with Crippen LogP contribution in [-0.4, -0.2) is 26.4 Å². The molecule has 0 radical (unpaired) electrons. The van der Waals surface area contributed by atoms with Gasteiger partial charge in [0.1, 0.15) is 5.75 Å². The van der Waals surface area contributed by atoms with Crippen molar-refractivity contribution in [3.8, 4) is 5.75 Å². The minimum absolute atomic E-state index is 0.278. The summed E-state index contributed by atoms with van der Waals surface area (Å²) in [5.41, 5.74) is 2.42. The van der Waals surface area contributed by atoms with Crippen molar-refractivity contribution in [2.24, 2.45) is 0 Å². The monoisotopic (exact) mass is 355 g/mol. The second-order valence-corrected chi connectivity index (χ2v) is 6.58. The quantitative estimate of drug-likeness (QED) is 0.787. The van der Waals surface area contributed by atoms with E-state index in [2.05, 4.69) is 47.2 Å². The van der Waals surface area contributed by atoms with Crippen LogP contribution in [0.5, 0.6) is 5.75 Å². The number of rotatable bonds is 7. The van der Waals surface area contributed by atoms with Crippen LogP contribution in [0.25, 0.3) is 0 Å². The average molecular weight is 356 g/mol. The van der Waals surface area contributed by atoms with Crippen molar-refractivity contribution in [1.29, 1.82) is 0 Å². The highest BCUT2D eigenvalue weighted by Crippen LogP contribution is 2.34. The Kier molecular flexibility index (Phi) is 6.52. The van der Waals surface area contributed by atoms with E-state index >= 15 is 0 Å². The van der Waals surface area contributed by atoms with Gasteiger partial charge in [-0.15, -0.1) is 0 Å². The Morgan fingerprint density at radius 1 is 1.48 bits per heavy atom. The van der Waals surface area contributed by atoms with Gasteiger partial charge in [0, 0.05) is 22.7 Å². The zero-order valence-corrected chi connectivity index (χ0v) is 14.8. The summed E-state index contributed by atoms with van der Waals surface area (Å²) in [6, 6.07) is 4.58. The zero-order chi connectivity index (χ0) is 15.2. The molecule has 0 aliphatic carbocycles. The molecule has 118 valence electrons. The molecule has 1 aromatic rings. The summed E-state index contributed by atoms with van der Waals surface area (Å²) in [4.78, 5) is 0. The fourth-order valence-electron chi connectivity index (χ4n) is 2.85. The standard InChI is InChI=1S/C17H26BrNO2/c1-4-7-19-16(10-13-6-5-8-21-13)14-11-15(18)12(2)9-17(14)20-3/h9,11,13,16,19H,4-8,10H2,1-3H3. The van der Waals surface area contributed by atoms with Crippen LogP contribution >= 0.6 is 15.9 Å². The lowest BCUT2D eigenvalue weighted by Gasteiger charge is -2.24. The van der Waals surface area contributed by atoms with Gasteiger partial charge in [0.2, 0.25) is 0 Å². The number of benzene rings is 1. The maximum atomic E-state index is 5.82. The minimum atomic E-state index is 0.278. The smallest absolute Gasteiger partial charge is 0.123 e. The fourth-order valence-corrected chi connectivity index (χ4v) is 3.21. The van der Waals surface area contributed by atoms with Crippen molar-refractivity contribution in [2.75, 3.05) is 20.3 Å². The summed E-state index contributed by atoms with van der Waals surface area (Å²) in [5.74, 6) is 0.960. The molecule has 0 aromatic heterocycles. The largest absolute Gasteiger partial charge is 0.496 e. The van der Waals surface area contributed by atoms with Gasteiger partial charge in [0.15, 0.2) is 0 Å². The molecule has 1 aromatic carbocycles. The molecule has 0 amide bonds. The molecule has 4 heteroatoms. The van der Waals surface area contributed by atoms with Gasteiger partial charge in [-0.05, 0) is 56.8 Å². The van der Waals surface area contributed by atoms with Crippen molar-refractivity contribution < 1.29 is 9.47 Å². The van der Waals surface area contributed by atoms with Crippen LogP contribution in [-0.2, 0) is 4.74 Å². The molecular formula is C17H26BrNO2. The summed E-state index contributed by atoms with van der Waals surface area (Å²) in [6.07, 6.45) is 4.84. The third-order valence-electron chi connectivity index (χ3n) is 4.05. The minimum Gasteiger partial charge on any atom is -0.496 e. The molecule has 0 saturated carbocycles. The van der Waals surface area contributed by atoms with Gasteiger partial charge in [-0.2, -0.15) is 0 Å². The summed E-state index contributed by atoms with van der Waals surface area (Å²) in [7, 11) is 1.75. The van der Waals surface area contributed by atoms with Gasteiger partial charge in [0.05, 0.1) is 13.2 Å². The van der Waals surface area contributed by atoms with Crippen LogP contribution in [0.3, 0.4) is 0 Å². The number of hydrogen-bond acceptors (Lipinski definition) is 3. The summed E-state index contributed by atoms with van der Waals surface area (Å²) in [5, 5.41) is 3.65. The zero-order valence-electron chi connectivity index (χ0n) is 13.2. The van der Waals surface area contributed by atoms with E-state index in [1.54, 1.807) is 7.11 Å². The van der Waals surface area contributed by atoms with E-state index in [1.165, 1.54) is 24.0 Å². The SMILES string of the molecule is CCCNC(CC1CCCO1)c1cc(Br)c(C)cc1OC. The van der Waals surface area contributed by atoms with E-state index < -0.39 is 0 Å². The normalized spacial score (nSPS) is 19.7. The molecule has 1 aliphatic rings. The summed E-state index contributed by atoms with van der Waals surface area (Å²) in [6.45, 7) is 6.19. The molecule has 3 nitrogen and oxygen atoms in total. The first kappa shape index (κ1) is 16.8. The first-order chi connectivity index (χ1) is 10.2. The second-order valence-electron chi connectivity index (χ2n) is 5.72. The van der Waals surface area contributed by atoms with Crippen LogP contribution in [0, 0.1) is 6.92 Å². The number of aryl methyl sites for hydroxylation is 1. The predicted molar refractivity (Wildman–Crippen MR) is 90.1 cm³/mol. The number of nitrogens with one attached hydrogen (secondary N) is 1. The first-order valence-electron chi connectivity index (χ1n) is 7.84. The van der Waals surface area contributed by atoms with E-state index in [0.29, 0.717) is 6.10 Å². The number of halogens is 1. The lowest BCUT2D eigenvalue weighted by Crippen LogP contribution is -2.26. The molecule has 1 N–H and O–H groups in total. The number of ether oxygens (including phenoxy) is 2. The highest BCUT2D eigenvalue weighted by molar-refractivity contribution is 9.10. The Morgan fingerprint density at radius 2 is 2.29 bits per heavy atom. The van der Waals surface area contributed by atoms with Crippen molar-refractivity contribution in [2.45, 2.75) is 51.7 Å². The van der Waals surface area contributed by atoms with Crippen molar-refractivity contribution >= 4 is 15.9 Å². The van der Waals surface area contributed by atoms with Crippen molar-refractivity contribution in [3.05, 3.63) is 27.7 Å². The molecule has 2 rings (SSSR count). The van der Waals surface area contributed by atoms with Crippen LogP contribution in [0.4, 0.5) is 0 Å². The third-order valence-corrected chi connectivity index (χ3v) is 4.90. The van der Waals surface area contributed by atoms with Gasteiger partial charge >= 0.3 is 0 Å². The topological polar surface area (TPSA) is 30.5 Å². The molecule has 0 spiro atoms. The van der Waals surface area contributed by atoms with Crippen molar-refractivity contribution in [3.63, 3.8) is 0 Å². The van der Waals surface area contributed by atoms with Crippen LogP contribution in [0.2, 0.25) is 0 Å². The van der Waals surface area contributed by atoms with Gasteiger partial charge in [-0.25, -0.2) is 0 Å². The summed E-state index contributed by atoms with van der Waals surface area (Å²) >= 11 is 3.64. The Bertz CT molecular complexity index is 458. The highest BCUT2D eigenvalue weighted by atomic mass is 79.9. The number of methoxy groups -OCH3 is 1. The summed E-state index contributed by atoms with van der Waals surface area (Å²) < 4.78 is 12.6. The first-order valence-corrected chi connectivity index (χ1v) is 8.64. The molecule has 0 bridgehead atoms. The molecule has 1 aliphatic heterocycles. The van der Waals surface area contributed by atoms with Crippen LogP contribution in [0.1, 0.15) is 49.8 Å². The molecule has 1 fully saturated rings. The van der Waals surface area contributed by atoms with E-state index in [4.69, 9.17) is 9.47 Å². The van der Waals surface area contributed by atoms with Gasteiger partial charge < -0.3 is 14.8 Å². The molecule has 1 saturated heterocycles. The lowest BCUT2D eigenvalue weighted by atomic mass is 9.97. The van der Waals surface area contributed by atoms with Gasteiger partial charge in [-0.1, -0.05) is 22.9 Å². The Morgan fingerprint density at radius 3 is 2.90 bits per heavy atom. The molecular weight excluding hydrogens is 330 g/mol. The highest BCUT2D eigenvalue weighted by Gasteiger charge is 2.24. The molecule has 2 atom stereocenters. The maximum Gasteiger partial charge on any atom is 0.123 e. The second kappa shape index (κ2) is 8.16. The van der Waals surface area contributed by atoms with Crippen LogP contribution < -0.4 is 10.1 Å². The molecule has 2 unspecified atom stereocenters. The Labute approximate surface area is 136 Å². The Hall–Kier alpha value is -0.580. The van der Waals surface area contributed by atoms with Crippen molar-refractivity contribution in [1.82, 2.24) is 5.32 Å². The van der Waals surface area contributed by atoms with E-state index in [-0.39, 0.29) is 6.04 Å². The average Bonchev–Trinajstić information content (AvgIpc) is 2.99. The van der Waals surface area contributed by atoms with E-state index in [0.717, 1.165) is 36.2 Å². The van der Waals surface area contributed by atoms with E-state index in [9.17, 15) is 0 Å². The third kappa shape index (κ3) is 4.44. The molecule has 21 heavy (non-hydrogen) atoms. The predicted octanol–water partition coefficient (Wildman–Crippen LogP) is 4.38. The maximum absolute atomic E-state index is 5.82. The van der Waals surface area contributed by atoms with Gasteiger partial charge in [0.25, 0.3) is 0 Å². The van der Waals surface area contributed by atoms with Crippen LogP contribution in [0.15, 0.2) is 16.6 Å². The molecule has 1 heterocycles. The van der Waals surface area contributed by atoms with E-state index in [1.807, 2.05) is 0 Å². The Balaban J connectivity index is 2.23.